The maximum absolute atomic E-state index is 11.3. The molecule has 0 radical (unpaired) electrons. The first kappa shape index (κ1) is 17.5. The van der Waals surface area contributed by atoms with Gasteiger partial charge in [-0.1, -0.05) is 60.7 Å². The van der Waals surface area contributed by atoms with Crippen molar-refractivity contribution in [1.82, 2.24) is 0 Å². The molecule has 0 atom stereocenters. The molecule has 0 N–H and O–H groups in total. The molecule has 0 amide bonds. The van der Waals surface area contributed by atoms with E-state index in [0.29, 0.717) is 0 Å². The van der Waals surface area contributed by atoms with E-state index in [1.807, 2.05) is 60.7 Å². The predicted molar refractivity (Wildman–Crippen MR) is 93.3 cm³/mol. The fourth-order valence-corrected chi connectivity index (χ4v) is 2.28. The molecule has 4 nitrogen and oxygen atoms in total. The summed E-state index contributed by atoms with van der Waals surface area (Å²) in [5, 5.41) is 0. The maximum atomic E-state index is 11.3. The molecular formula is C20H20O4. The van der Waals surface area contributed by atoms with Gasteiger partial charge in [0.05, 0.1) is 27.1 Å². The second kappa shape index (κ2) is 8.67. The molecule has 4 heteroatoms. The monoisotopic (exact) mass is 324 g/mol. The maximum Gasteiger partial charge on any atom is 0.309 e. The molecule has 0 saturated carbocycles. The van der Waals surface area contributed by atoms with Gasteiger partial charge in [-0.2, -0.15) is 0 Å². The summed E-state index contributed by atoms with van der Waals surface area (Å²) >= 11 is 0. The lowest BCUT2D eigenvalue weighted by Gasteiger charge is -2.03. The Kier molecular flexibility index (Phi) is 6.32. The highest BCUT2D eigenvalue weighted by atomic mass is 16.5. The van der Waals surface area contributed by atoms with Gasteiger partial charge in [-0.3, -0.25) is 9.59 Å². The van der Waals surface area contributed by atoms with Crippen molar-refractivity contribution in [3.05, 3.63) is 70.8 Å². The molecular weight excluding hydrogens is 304 g/mol. The first-order chi connectivity index (χ1) is 11.6. The fraction of sp³-hybridized carbons (Fsp3) is 0.200. The summed E-state index contributed by atoms with van der Waals surface area (Å²) in [6.45, 7) is 0. The van der Waals surface area contributed by atoms with Crippen LogP contribution in [0.4, 0.5) is 0 Å². The van der Waals surface area contributed by atoms with Crippen LogP contribution in [0.3, 0.4) is 0 Å². The zero-order valence-corrected chi connectivity index (χ0v) is 13.8. The molecule has 0 aliphatic rings. The van der Waals surface area contributed by atoms with E-state index in [2.05, 4.69) is 9.47 Å². The molecule has 124 valence electrons. The van der Waals surface area contributed by atoms with Crippen LogP contribution in [0, 0.1) is 0 Å². The van der Waals surface area contributed by atoms with E-state index < -0.39 is 0 Å². The van der Waals surface area contributed by atoms with Crippen LogP contribution in [0.25, 0.3) is 12.2 Å². The topological polar surface area (TPSA) is 52.6 Å². The van der Waals surface area contributed by atoms with Crippen molar-refractivity contribution < 1.29 is 19.1 Å². The number of benzene rings is 2. The van der Waals surface area contributed by atoms with Crippen molar-refractivity contribution >= 4 is 24.1 Å². The summed E-state index contributed by atoms with van der Waals surface area (Å²) in [5.74, 6) is -0.515. The molecule has 0 saturated heterocycles. The number of hydrogen-bond acceptors (Lipinski definition) is 4. The van der Waals surface area contributed by atoms with E-state index in [1.54, 1.807) is 0 Å². The summed E-state index contributed by atoms with van der Waals surface area (Å²) < 4.78 is 9.37. The molecule has 2 aromatic carbocycles. The second-order valence-corrected chi connectivity index (χ2v) is 5.33. The molecule has 0 aromatic heterocycles. The summed E-state index contributed by atoms with van der Waals surface area (Å²) in [4.78, 5) is 22.7. The Bertz CT molecular complexity index is 683. The van der Waals surface area contributed by atoms with Crippen LogP contribution in [0.15, 0.2) is 48.5 Å². The molecule has 0 heterocycles. The van der Waals surface area contributed by atoms with Gasteiger partial charge < -0.3 is 9.47 Å². The lowest BCUT2D eigenvalue weighted by molar-refractivity contribution is -0.140. The Balaban J connectivity index is 2.10. The van der Waals surface area contributed by atoms with Gasteiger partial charge >= 0.3 is 11.9 Å². The van der Waals surface area contributed by atoms with E-state index >= 15 is 0 Å². The van der Waals surface area contributed by atoms with Crippen LogP contribution in [0.1, 0.15) is 22.3 Å². The standard InChI is InChI=1S/C20H20O4/c1-23-19(21)13-17-7-3-5-15(11-17)9-10-16-6-4-8-18(12-16)14-20(22)24-2/h3-12H,13-14H2,1-2H3. The highest BCUT2D eigenvalue weighted by Gasteiger charge is 2.03. The minimum absolute atomic E-state index is 0.257. The van der Waals surface area contributed by atoms with Crippen LogP contribution in [-0.2, 0) is 31.9 Å². The minimum atomic E-state index is -0.258. The summed E-state index contributed by atoms with van der Waals surface area (Å²) in [6, 6.07) is 15.4. The van der Waals surface area contributed by atoms with Gasteiger partial charge in [0.15, 0.2) is 0 Å². The van der Waals surface area contributed by atoms with Crippen molar-refractivity contribution in [1.29, 1.82) is 0 Å². The number of methoxy groups -OCH3 is 2. The summed E-state index contributed by atoms with van der Waals surface area (Å²) in [6.07, 6.45) is 4.45. The van der Waals surface area contributed by atoms with Crippen molar-refractivity contribution in [2.45, 2.75) is 12.8 Å². The summed E-state index contributed by atoms with van der Waals surface area (Å²) in [7, 11) is 2.76. The van der Waals surface area contributed by atoms with Crippen LogP contribution in [-0.4, -0.2) is 26.2 Å². The Morgan fingerprint density at radius 2 is 1.21 bits per heavy atom. The largest absolute Gasteiger partial charge is 0.469 e. The van der Waals surface area contributed by atoms with Crippen LogP contribution >= 0.6 is 0 Å². The SMILES string of the molecule is COC(=O)Cc1cccc(C=Cc2cccc(CC(=O)OC)c2)c1. The van der Waals surface area contributed by atoms with E-state index in [9.17, 15) is 9.59 Å². The second-order valence-electron chi connectivity index (χ2n) is 5.33. The third-order valence-electron chi connectivity index (χ3n) is 3.52. The van der Waals surface area contributed by atoms with Crippen molar-refractivity contribution in [2.75, 3.05) is 14.2 Å². The lowest BCUT2D eigenvalue weighted by atomic mass is 10.0. The van der Waals surface area contributed by atoms with Crippen molar-refractivity contribution in [3.8, 4) is 0 Å². The first-order valence-electron chi connectivity index (χ1n) is 7.60. The quantitative estimate of drug-likeness (QED) is 0.604. The smallest absolute Gasteiger partial charge is 0.309 e. The molecule has 0 bridgehead atoms. The molecule has 0 aliphatic heterocycles. The molecule has 0 unspecified atom stereocenters. The van der Waals surface area contributed by atoms with Gasteiger partial charge in [-0.15, -0.1) is 0 Å². The Hall–Kier alpha value is -2.88. The van der Waals surface area contributed by atoms with E-state index in [0.717, 1.165) is 22.3 Å². The average molecular weight is 324 g/mol. The predicted octanol–water partition coefficient (Wildman–Crippen LogP) is 3.29. The molecule has 2 rings (SSSR count). The van der Waals surface area contributed by atoms with Crippen LogP contribution in [0.2, 0.25) is 0 Å². The zero-order chi connectivity index (χ0) is 17.4. The highest BCUT2D eigenvalue weighted by Crippen LogP contribution is 2.13. The van der Waals surface area contributed by atoms with Gasteiger partial charge in [-0.25, -0.2) is 0 Å². The Morgan fingerprint density at radius 3 is 1.58 bits per heavy atom. The minimum Gasteiger partial charge on any atom is -0.469 e. The van der Waals surface area contributed by atoms with E-state index in [1.165, 1.54) is 14.2 Å². The number of hydrogen-bond donors (Lipinski definition) is 0. The van der Waals surface area contributed by atoms with Gasteiger partial charge in [-0.05, 0) is 22.3 Å². The van der Waals surface area contributed by atoms with Gasteiger partial charge in [0, 0.05) is 0 Å². The third-order valence-corrected chi connectivity index (χ3v) is 3.52. The van der Waals surface area contributed by atoms with E-state index in [-0.39, 0.29) is 24.8 Å². The molecule has 2 aromatic rings. The van der Waals surface area contributed by atoms with Crippen molar-refractivity contribution in [2.24, 2.45) is 0 Å². The van der Waals surface area contributed by atoms with E-state index in [4.69, 9.17) is 0 Å². The van der Waals surface area contributed by atoms with Crippen LogP contribution in [0.5, 0.6) is 0 Å². The number of carbonyl (C=O) groups is 2. The lowest BCUT2D eigenvalue weighted by Crippen LogP contribution is -2.04. The van der Waals surface area contributed by atoms with Gasteiger partial charge in [0.25, 0.3) is 0 Å². The molecule has 0 spiro atoms. The molecule has 0 aliphatic carbocycles. The average Bonchev–Trinajstić information content (AvgIpc) is 2.60. The highest BCUT2D eigenvalue weighted by molar-refractivity contribution is 5.75. The normalized spacial score (nSPS) is 10.6. The van der Waals surface area contributed by atoms with Crippen LogP contribution < -0.4 is 0 Å². The number of rotatable bonds is 6. The van der Waals surface area contributed by atoms with Crippen molar-refractivity contribution in [3.63, 3.8) is 0 Å². The molecule has 0 fully saturated rings. The zero-order valence-electron chi connectivity index (χ0n) is 13.8. The third kappa shape index (κ3) is 5.39. The number of esters is 2. The summed E-state index contributed by atoms with van der Waals surface area (Å²) in [5.41, 5.74) is 3.80. The number of ether oxygens (including phenoxy) is 2. The van der Waals surface area contributed by atoms with Gasteiger partial charge in [0.2, 0.25) is 0 Å². The Morgan fingerprint density at radius 1 is 0.792 bits per heavy atom. The van der Waals surface area contributed by atoms with Gasteiger partial charge in [0.1, 0.15) is 0 Å². The Labute approximate surface area is 141 Å². The molecule has 24 heavy (non-hydrogen) atoms. The first-order valence-corrected chi connectivity index (χ1v) is 7.60. The fourth-order valence-electron chi connectivity index (χ4n) is 2.28. The number of carbonyl (C=O) groups excluding carboxylic acids is 2.